The van der Waals surface area contributed by atoms with Crippen molar-refractivity contribution < 1.29 is 28.8 Å². The highest BCUT2D eigenvalue weighted by Gasteiger charge is 3.00. The molecule has 6 aliphatic rings. The zero-order valence-corrected chi connectivity index (χ0v) is 22.5. The first-order valence-electron chi connectivity index (χ1n) is 13.4. The van der Waals surface area contributed by atoms with Gasteiger partial charge in [-0.3, -0.25) is 14.6 Å². The Morgan fingerprint density at radius 2 is 2.05 bits per heavy atom. The van der Waals surface area contributed by atoms with Gasteiger partial charge in [-0.05, 0) is 50.8 Å². The molecule has 8 rings (SSSR count). The molecule has 0 amide bonds. The van der Waals surface area contributed by atoms with Crippen LogP contribution < -0.4 is 24.7 Å². The molecule has 10 nitrogen and oxygen atoms in total. The minimum atomic E-state index is -0.822. The summed E-state index contributed by atoms with van der Waals surface area (Å²) in [7, 11) is 1.57. The molecule has 10 heteroatoms. The Morgan fingerprint density at radius 1 is 1.31 bits per heavy atom. The molecule has 2 saturated heterocycles. The van der Waals surface area contributed by atoms with Gasteiger partial charge in [-0.1, -0.05) is 0 Å². The quantitative estimate of drug-likeness (QED) is 0.347. The third kappa shape index (κ3) is 2.20. The summed E-state index contributed by atoms with van der Waals surface area (Å²) in [5.74, 6) is 1.83. The zero-order chi connectivity index (χ0) is 27.4. The molecule has 202 valence electrons. The van der Waals surface area contributed by atoms with Gasteiger partial charge in [0.05, 0.1) is 35.8 Å². The highest BCUT2D eigenvalue weighted by atomic mass is 16.7. The molecule has 5 aliphatic heterocycles. The highest BCUT2D eigenvalue weighted by Crippen LogP contribution is 2.90. The molecule has 1 saturated carbocycles. The largest absolute Gasteiger partial charge is 0.504 e. The van der Waals surface area contributed by atoms with Gasteiger partial charge in [0.15, 0.2) is 23.0 Å². The maximum absolute atomic E-state index is 12.3. The maximum Gasteiger partial charge on any atom is 0.308 e. The van der Waals surface area contributed by atoms with Gasteiger partial charge < -0.3 is 29.8 Å². The highest BCUT2D eigenvalue weighted by molar-refractivity contribution is 5.76. The summed E-state index contributed by atoms with van der Waals surface area (Å²) in [5, 5.41) is 22.3. The molecule has 5 heterocycles. The molecule has 0 aromatic heterocycles. The monoisotopic (exact) mass is 530 g/mol. The predicted molar refractivity (Wildman–Crippen MR) is 137 cm³/mol. The minimum absolute atomic E-state index is 0.0573. The molecule has 7 atom stereocenters. The lowest BCUT2D eigenvalue weighted by Gasteiger charge is -2.58. The number of rotatable bonds is 3. The molecule has 3 N–H and O–H groups in total. The lowest BCUT2D eigenvalue weighted by molar-refractivity contribution is -0.132. The number of piperazine rings is 1. The topological polar surface area (TPSA) is 130 Å². The number of benzene rings is 2. The smallest absolute Gasteiger partial charge is 0.308 e. The Labute approximate surface area is 225 Å². The van der Waals surface area contributed by atoms with Gasteiger partial charge in [0.1, 0.15) is 11.8 Å². The maximum atomic E-state index is 12.3. The van der Waals surface area contributed by atoms with Gasteiger partial charge >= 0.3 is 5.97 Å². The third-order valence-electron chi connectivity index (χ3n) is 10.4. The summed E-state index contributed by atoms with van der Waals surface area (Å²) < 4.78 is 23.4. The van der Waals surface area contributed by atoms with E-state index in [2.05, 4.69) is 21.9 Å². The van der Waals surface area contributed by atoms with E-state index in [1.54, 1.807) is 7.11 Å². The van der Waals surface area contributed by atoms with Crippen LogP contribution in [0, 0.1) is 25.2 Å². The van der Waals surface area contributed by atoms with Gasteiger partial charge in [-0.15, -0.1) is 0 Å². The lowest BCUT2D eigenvalue weighted by atomic mass is 9.71. The van der Waals surface area contributed by atoms with E-state index >= 15 is 0 Å². The van der Waals surface area contributed by atoms with E-state index in [0.717, 1.165) is 34.2 Å². The van der Waals surface area contributed by atoms with Gasteiger partial charge in [0.25, 0.3) is 0 Å². The van der Waals surface area contributed by atoms with Gasteiger partial charge in [0.2, 0.25) is 6.79 Å². The van der Waals surface area contributed by atoms with Crippen molar-refractivity contribution in [3.63, 3.8) is 0 Å². The van der Waals surface area contributed by atoms with Crippen LogP contribution in [0.4, 0.5) is 0 Å². The van der Waals surface area contributed by atoms with E-state index in [1.165, 1.54) is 6.92 Å². The molecule has 2 aromatic carbocycles. The van der Waals surface area contributed by atoms with Crippen LogP contribution in [0.15, 0.2) is 6.07 Å². The number of carbonyl (C=O) groups excluding carboxylic acids is 1. The number of nitrogens with zero attached hydrogens (tertiary/aromatic N) is 3. The molecule has 5 unspecified atom stereocenters. The molecule has 2 spiro atoms. The zero-order valence-electron chi connectivity index (χ0n) is 22.5. The van der Waals surface area contributed by atoms with E-state index in [9.17, 15) is 15.2 Å². The minimum Gasteiger partial charge on any atom is -0.504 e. The SMILES string of the molecule is COc1c(C)cc2c(c1O)C1C3Cc4c(OC(C)=O)c(C)c5c(c4C(C)(CN)N3[C@@H](C#N)C34C[C@@]23N14)OCO5. The molecule has 0 bridgehead atoms. The van der Waals surface area contributed by atoms with Crippen LogP contribution >= 0.6 is 0 Å². The number of hydrogen-bond acceptors (Lipinski definition) is 10. The number of phenols is 1. The summed E-state index contributed by atoms with van der Waals surface area (Å²) in [6, 6.07) is 3.98. The molecular weight excluding hydrogens is 500 g/mol. The first-order valence-corrected chi connectivity index (χ1v) is 13.4. The van der Waals surface area contributed by atoms with Crippen LogP contribution in [0.3, 0.4) is 0 Å². The number of ether oxygens (including phenoxy) is 4. The van der Waals surface area contributed by atoms with Gasteiger partial charge in [0, 0.05) is 41.8 Å². The second kappa shape index (κ2) is 6.78. The van der Waals surface area contributed by atoms with E-state index < -0.39 is 17.6 Å². The number of aromatic hydroxyl groups is 1. The van der Waals surface area contributed by atoms with Crippen LogP contribution in [-0.4, -0.2) is 58.9 Å². The Morgan fingerprint density at radius 3 is 2.72 bits per heavy atom. The second-order valence-electron chi connectivity index (χ2n) is 12.0. The molecular formula is C29H30N4O6. The first kappa shape index (κ1) is 23.4. The van der Waals surface area contributed by atoms with Crippen molar-refractivity contribution in [1.29, 1.82) is 5.26 Å². The third-order valence-corrected chi connectivity index (χ3v) is 10.4. The number of hydrogen-bond donors (Lipinski definition) is 2. The Kier molecular flexibility index (Phi) is 4.07. The Hall–Kier alpha value is -3.52. The van der Waals surface area contributed by atoms with Crippen molar-refractivity contribution in [3.8, 4) is 34.8 Å². The normalized spacial score (nSPS) is 37.1. The van der Waals surface area contributed by atoms with Crippen molar-refractivity contribution in [2.75, 3.05) is 20.4 Å². The number of nitrogens with two attached hydrogens (primary N) is 1. The van der Waals surface area contributed by atoms with Crippen LogP contribution in [0.5, 0.6) is 28.7 Å². The first-order chi connectivity index (χ1) is 18.6. The average molecular weight is 531 g/mol. The summed E-state index contributed by atoms with van der Waals surface area (Å²) >= 11 is 0. The fourth-order valence-corrected chi connectivity index (χ4v) is 9.03. The fourth-order valence-electron chi connectivity index (χ4n) is 9.03. The predicted octanol–water partition coefficient (Wildman–Crippen LogP) is 2.39. The summed E-state index contributed by atoms with van der Waals surface area (Å²) in [6.45, 7) is 7.51. The Balaban J connectivity index is 1.42. The van der Waals surface area contributed by atoms with E-state index in [0.29, 0.717) is 35.0 Å². The fraction of sp³-hybridized carbons (Fsp3) is 0.517. The summed E-state index contributed by atoms with van der Waals surface area (Å²) in [4.78, 5) is 17.0. The molecule has 39 heavy (non-hydrogen) atoms. The number of methoxy groups -OCH3 is 1. The van der Waals surface area contributed by atoms with Crippen LogP contribution in [-0.2, 0) is 22.3 Å². The van der Waals surface area contributed by atoms with E-state index in [-0.39, 0.29) is 42.2 Å². The van der Waals surface area contributed by atoms with Crippen molar-refractivity contribution in [3.05, 3.63) is 39.4 Å². The average Bonchev–Trinajstić information content (AvgIpc) is 3.56. The molecule has 2 aromatic rings. The van der Waals surface area contributed by atoms with Crippen LogP contribution in [0.1, 0.15) is 59.7 Å². The van der Waals surface area contributed by atoms with Crippen molar-refractivity contribution in [2.24, 2.45) is 5.73 Å². The number of nitriles is 1. The molecule has 3 fully saturated rings. The van der Waals surface area contributed by atoms with Crippen LogP contribution in [0.2, 0.25) is 0 Å². The Bertz CT molecular complexity index is 1600. The number of phenolic OH excluding ortho intramolecular Hbond substituents is 1. The standard InChI is InChI=1S/C29H30N4O6/c1-12-6-16-19(22(35)23(12)36-5)21-17-7-15-20(26-25(37-11-38-26)13(2)24(15)39-14(3)34)27(4,10-31)32(17)18(8-30)29-9-28(16,29)33(21)29/h6,17-18,21,35H,7,9-11,31H2,1-5H3/t17?,18-,21?,27?,28+,29?,33?/m0/s1. The van der Waals surface area contributed by atoms with Gasteiger partial charge in [-0.25, -0.2) is 0 Å². The number of aryl methyl sites for hydroxylation is 1. The van der Waals surface area contributed by atoms with Crippen LogP contribution in [0.25, 0.3) is 0 Å². The summed E-state index contributed by atoms with van der Waals surface area (Å²) in [6.07, 6.45) is 1.33. The lowest BCUT2D eigenvalue weighted by Crippen LogP contribution is -2.68. The molecule has 1 aliphatic carbocycles. The molecule has 0 radical (unpaired) electrons. The second-order valence-corrected chi connectivity index (χ2v) is 12.0. The number of carbonyl (C=O) groups is 1. The van der Waals surface area contributed by atoms with Gasteiger partial charge in [-0.2, -0.15) is 5.26 Å². The van der Waals surface area contributed by atoms with Crippen molar-refractivity contribution >= 4 is 5.97 Å². The number of esters is 1. The van der Waals surface area contributed by atoms with Crippen molar-refractivity contribution in [1.82, 2.24) is 9.80 Å². The summed E-state index contributed by atoms with van der Waals surface area (Å²) in [5.41, 5.74) is 10.4. The van der Waals surface area contributed by atoms with E-state index in [4.69, 9.17) is 24.7 Å². The van der Waals surface area contributed by atoms with Crippen molar-refractivity contribution in [2.45, 2.75) is 75.3 Å². The number of fused-ring (bicyclic) bond motifs is 7. The van der Waals surface area contributed by atoms with E-state index in [1.807, 2.05) is 20.8 Å².